The van der Waals surface area contributed by atoms with Gasteiger partial charge in [0.25, 0.3) is 0 Å². The number of hydrogen-bond donors (Lipinski definition) is 0. The Morgan fingerprint density at radius 3 is 2.93 bits per heavy atom. The third kappa shape index (κ3) is 3.54. The Labute approximate surface area is 157 Å². The number of benzene rings is 1. The normalized spacial score (nSPS) is 17.4. The van der Waals surface area contributed by atoms with Crippen molar-refractivity contribution in [1.29, 1.82) is 0 Å². The Morgan fingerprint density at radius 1 is 1.26 bits per heavy atom. The van der Waals surface area contributed by atoms with Crippen LogP contribution in [0.25, 0.3) is 11.2 Å². The van der Waals surface area contributed by atoms with Crippen molar-refractivity contribution in [2.75, 3.05) is 13.1 Å². The second-order valence-electron chi connectivity index (χ2n) is 7.01. The van der Waals surface area contributed by atoms with Gasteiger partial charge in [-0.1, -0.05) is 18.2 Å². The van der Waals surface area contributed by atoms with Crippen LogP contribution in [0.2, 0.25) is 0 Å². The molecule has 0 saturated carbocycles. The molecule has 0 N–H and O–H groups in total. The van der Waals surface area contributed by atoms with E-state index in [1.807, 2.05) is 11.9 Å². The van der Waals surface area contributed by atoms with Crippen LogP contribution in [-0.2, 0) is 18.3 Å². The van der Waals surface area contributed by atoms with Crippen LogP contribution in [0.1, 0.15) is 36.4 Å². The molecule has 3 heterocycles. The number of carbonyl (C=O) groups excluding carboxylic acids is 1. The summed E-state index contributed by atoms with van der Waals surface area (Å²) in [6.07, 6.45) is 5.97. The van der Waals surface area contributed by atoms with Crippen molar-refractivity contribution in [2.45, 2.75) is 31.6 Å². The van der Waals surface area contributed by atoms with Crippen LogP contribution >= 0.6 is 0 Å². The maximum absolute atomic E-state index is 13.8. The standard InChI is InChI=1S/C20H22FN5O/c1-25-20-19(22-10-11-23-20)18(24-25)15-6-4-12-26(13-15)17(27)9-8-14-5-2-3-7-16(14)21/h2-3,5,7,10-11,15H,4,6,8-9,12-13H2,1H3/t15-/m0/s1. The monoisotopic (exact) mass is 367 g/mol. The first-order valence-corrected chi connectivity index (χ1v) is 9.28. The maximum Gasteiger partial charge on any atom is 0.222 e. The zero-order valence-corrected chi connectivity index (χ0v) is 15.3. The van der Waals surface area contributed by atoms with E-state index in [1.54, 1.807) is 35.3 Å². The van der Waals surface area contributed by atoms with Crippen molar-refractivity contribution in [3.8, 4) is 0 Å². The van der Waals surface area contributed by atoms with E-state index in [0.29, 0.717) is 24.9 Å². The second-order valence-corrected chi connectivity index (χ2v) is 7.01. The molecule has 1 fully saturated rings. The molecular weight excluding hydrogens is 345 g/mol. The van der Waals surface area contributed by atoms with E-state index in [1.165, 1.54) is 6.07 Å². The lowest BCUT2D eigenvalue weighted by molar-refractivity contribution is -0.132. The van der Waals surface area contributed by atoms with Gasteiger partial charge >= 0.3 is 0 Å². The van der Waals surface area contributed by atoms with Gasteiger partial charge in [-0.3, -0.25) is 4.79 Å². The molecule has 0 aliphatic carbocycles. The third-order valence-electron chi connectivity index (χ3n) is 5.21. The van der Waals surface area contributed by atoms with Gasteiger partial charge in [0.1, 0.15) is 11.3 Å². The van der Waals surface area contributed by atoms with Gasteiger partial charge in [0.05, 0.1) is 5.69 Å². The molecule has 1 aliphatic rings. The van der Waals surface area contributed by atoms with E-state index in [9.17, 15) is 9.18 Å². The topological polar surface area (TPSA) is 63.9 Å². The van der Waals surface area contributed by atoms with Gasteiger partial charge in [-0.25, -0.2) is 19.0 Å². The van der Waals surface area contributed by atoms with Crippen molar-refractivity contribution in [2.24, 2.45) is 7.05 Å². The maximum atomic E-state index is 13.8. The van der Waals surface area contributed by atoms with Crippen LogP contribution in [0.4, 0.5) is 4.39 Å². The highest BCUT2D eigenvalue weighted by atomic mass is 19.1. The van der Waals surface area contributed by atoms with Crippen molar-refractivity contribution in [1.82, 2.24) is 24.6 Å². The van der Waals surface area contributed by atoms with E-state index in [4.69, 9.17) is 0 Å². The van der Waals surface area contributed by atoms with Crippen LogP contribution in [0.5, 0.6) is 0 Å². The molecule has 27 heavy (non-hydrogen) atoms. The van der Waals surface area contributed by atoms with Crippen molar-refractivity contribution in [3.05, 3.63) is 53.7 Å². The van der Waals surface area contributed by atoms with Gasteiger partial charge in [-0.2, -0.15) is 5.10 Å². The lowest BCUT2D eigenvalue weighted by Gasteiger charge is -2.32. The largest absolute Gasteiger partial charge is 0.342 e. The molecule has 4 rings (SSSR count). The fourth-order valence-corrected chi connectivity index (χ4v) is 3.81. The Morgan fingerprint density at radius 2 is 2.07 bits per heavy atom. The lowest BCUT2D eigenvalue weighted by atomic mass is 9.94. The number of piperidine rings is 1. The summed E-state index contributed by atoms with van der Waals surface area (Å²) in [5.74, 6) is -0.0359. The Kier molecular flexibility index (Phi) is 4.83. The average molecular weight is 367 g/mol. The summed E-state index contributed by atoms with van der Waals surface area (Å²) < 4.78 is 15.5. The summed E-state index contributed by atoms with van der Waals surface area (Å²) >= 11 is 0. The van der Waals surface area contributed by atoms with Gasteiger partial charge in [-0.15, -0.1) is 0 Å². The second kappa shape index (κ2) is 7.42. The van der Waals surface area contributed by atoms with Crippen molar-refractivity contribution < 1.29 is 9.18 Å². The molecule has 1 aliphatic heterocycles. The molecule has 7 heteroatoms. The van der Waals surface area contributed by atoms with Crippen molar-refractivity contribution >= 4 is 17.1 Å². The molecule has 6 nitrogen and oxygen atoms in total. The first-order chi connectivity index (χ1) is 13.1. The van der Waals surface area contributed by atoms with Gasteiger partial charge in [0, 0.05) is 44.9 Å². The number of aromatic nitrogens is 4. The van der Waals surface area contributed by atoms with Gasteiger partial charge in [-0.05, 0) is 30.9 Å². The highest BCUT2D eigenvalue weighted by molar-refractivity contribution is 5.77. The predicted molar refractivity (Wildman–Crippen MR) is 99.6 cm³/mol. The number of rotatable bonds is 4. The molecule has 1 amide bonds. The number of aryl methyl sites for hydroxylation is 2. The highest BCUT2D eigenvalue weighted by Crippen LogP contribution is 2.30. The number of amides is 1. The van der Waals surface area contributed by atoms with E-state index in [2.05, 4.69) is 15.1 Å². The zero-order valence-electron chi connectivity index (χ0n) is 15.3. The lowest BCUT2D eigenvalue weighted by Crippen LogP contribution is -2.39. The fraction of sp³-hybridized carbons (Fsp3) is 0.400. The summed E-state index contributed by atoms with van der Waals surface area (Å²) in [7, 11) is 1.86. The first kappa shape index (κ1) is 17.6. The molecule has 0 bridgehead atoms. The molecule has 0 radical (unpaired) electrons. The first-order valence-electron chi connectivity index (χ1n) is 9.28. The third-order valence-corrected chi connectivity index (χ3v) is 5.21. The van der Waals surface area contributed by atoms with E-state index in [0.717, 1.165) is 36.2 Å². The molecule has 3 aromatic rings. The Hall–Kier alpha value is -2.83. The summed E-state index contributed by atoms with van der Waals surface area (Å²) in [6, 6.07) is 6.63. The number of carbonyl (C=O) groups is 1. The molecule has 0 unspecified atom stereocenters. The minimum Gasteiger partial charge on any atom is -0.342 e. The average Bonchev–Trinajstić information content (AvgIpc) is 3.04. The quantitative estimate of drug-likeness (QED) is 0.711. The molecular formula is C20H22FN5O. The van der Waals surface area contributed by atoms with Crippen LogP contribution in [0.15, 0.2) is 36.7 Å². The summed E-state index contributed by atoms with van der Waals surface area (Å²) in [6.45, 7) is 1.36. The van der Waals surface area contributed by atoms with Gasteiger partial charge in [0.15, 0.2) is 5.65 Å². The number of nitrogens with zero attached hydrogens (tertiary/aromatic N) is 5. The summed E-state index contributed by atoms with van der Waals surface area (Å²) in [5, 5.41) is 4.62. The zero-order chi connectivity index (χ0) is 18.8. The molecule has 1 aromatic carbocycles. The SMILES string of the molecule is Cn1nc([C@H]2CCCN(C(=O)CCc3ccccc3F)C2)c2nccnc21. The van der Waals surface area contributed by atoms with Crippen LogP contribution in [0.3, 0.4) is 0 Å². The van der Waals surface area contributed by atoms with Gasteiger partial charge in [0.2, 0.25) is 5.91 Å². The van der Waals surface area contributed by atoms with Crippen LogP contribution in [-0.4, -0.2) is 43.6 Å². The van der Waals surface area contributed by atoms with Crippen molar-refractivity contribution in [3.63, 3.8) is 0 Å². The smallest absolute Gasteiger partial charge is 0.222 e. The van der Waals surface area contributed by atoms with Crippen LogP contribution in [0, 0.1) is 5.82 Å². The summed E-state index contributed by atoms with van der Waals surface area (Å²) in [5.41, 5.74) is 3.07. The van der Waals surface area contributed by atoms with Crippen LogP contribution < -0.4 is 0 Å². The molecule has 2 aromatic heterocycles. The molecule has 1 atom stereocenters. The number of halogens is 1. The minimum absolute atomic E-state index is 0.0641. The minimum atomic E-state index is -0.250. The van der Waals surface area contributed by atoms with E-state index in [-0.39, 0.29) is 17.6 Å². The Balaban J connectivity index is 1.46. The number of fused-ring (bicyclic) bond motifs is 1. The fourth-order valence-electron chi connectivity index (χ4n) is 3.81. The molecule has 1 saturated heterocycles. The molecule has 0 spiro atoms. The highest BCUT2D eigenvalue weighted by Gasteiger charge is 2.28. The summed E-state index contributed by atoms with van der Waals surface area (Å²) in [4.78, 5) is 23.3. The van der Waals surface area contributed by atoms with Gasteiger partial charge < -0.3 is 4.90 Å². The number of hydrogen-bond acceptors (Lipinski definition) is 4. The number of likely N-dealkylation sites (tertiary alicyclic amines) is 1. The Bertz CT molecular complexity index is 970. The van der Waals surface area contributed by atoms with E-state index < -0.39 is 0 Å². The van der Waals surface area contributed by atoms with E-state index >= 15 is 0 Å². The molecule has 140 valence electrons. The predicted octanol–water partition coefficient (Wildman–Crippen LogP) is 2.84.